The van der Waals surface area contributed by atoms with Crippen molar-refractivity contribution in [2.75, 3.05) is 31.2 Å². The maximum atomic E-state index is 13.2. The SMILES string of the molecule is CC[C@@H](NC(=O)C1CCN(c2ccc3ccsc3c2)C1)[C@H](C)c1ccc2c(c1)OCCO2. The minimum atomic E-state index is 0.0237. The molecule has 1 amide bonds. The van der Waals surface area contributed by atoms with Crippen molar-refractivity contribution in [1.82, 2.24) is 5.32 Å². The van der Waals surface area contributed by atoms with Gasteiger partial charge in [-0.1, -0.05) is 26.0 Å². The Morgan fingerprint density at radius 3 is 2.84 bits per heavy atom. The summed E-state index contributed by atoms with van der Waals surface area (Å²) in [5.41, 5.74) is 2.38. The molecular formula is C26H30N2O3S. The molecule has 2 aliphatic rings. The summed E-state index contributed by atoms with van der Waals surface area (Å²) in [5, 5.41) is 6.76. The first kappa shape index (κ1) is 21.1. The number of hydrogen-bond donors (Lipinski definition) is 1. The Morgan fingerprint density at radius 2 is 2.00 bits per heavy atom. The van der Waals surface area contributed by atoms with Crippen LogP contribution in [-0.2, 0) is 4.79 Å². The first-order valence-electron chi connectivity index (χ1n) is 11.5. The lowest BCUT2D eigenvalue weighted by molar-refractivity contribution is -0.125. The molecule has 1 saturated heterocycles. The van der Waals surface area contributed by atoms with E-state index in [2.05, 4.69) is 65.8 Å². The Hall–Kier alpha value is -2.73. The van der Waals surface area contributed by atoms with Crippen molar-refractivity contribution in [3.05, 3.63) is 53.4 Å². The summed E-state index contributed by atoms with van der Waals surface area (Å²) >= 11 is 1.77. The van der Waals surface area contributed by atoms with Crippen LogP contribution in [0.3, 0.4) is 0 Å². The van der Waals surface area contributed by atoms with Crippen LogP contribution in [0.4, 0.5) is 5.69 Å². The molecule has 3 heterocycles. The van der Waals surface area contributed by atoms with Crippen LogP contribution < -0.4 is 19.7 Å². The molecule has 0 aliphatic carbocycles. The average Bonchev–Trinajstić information content (AvgIpc) is 3.51. The number of carbonyl (C=O) groups is 1. The average molecular weight is 451 g/mol. The van der Waals surface area contributed by atoms with Crippen LogP contribution in [-0.4, -0.2) is 38.3 Å². The largest absolute Gasteiger partial charge is 0.486 e. The lowest BCUT2D eigenvalue weighted by Gasteiger charge is -2.27. The molecule has 1 fully saturated rings. The molecule has 3 atom stereocenters. The molecule has 32 heavy (non-hydrogen) atoms. The van der Waals surface area contributed by atoms with Gasteiger partial charge in [0.2, 0.25) is 5.91 Å². The third-order valence-corrected chi connectivity index (χ3v) is 7.71. The number of benzene rings is 2. The summed E-state index contributed by atoms with van der Waals surface area (Å²) in [4.78, 5) is 15.5. The third kappa shape index (κ3) is 4.16. The van der Waals surface area contributed by atoms with Crippen molar-refractivity contribution in [2.24, 2.45) is 5.92 Å². The molecule has 5 rings (SSSR count). The maximum Gasteiger partial charge on any atom is 0.225 e. The van der Waals surface area contributed by atoms with Gasteiger partial charge in [-0.2, -0.15) is 0 Å². The lowest BCUT2D eigenvalue weighted by atomic mass is 9.90. The van der Waals surface area contributed by atoms with Crippen molar-refractivity contribution in [2.45, 2.75) is 38.6 Å². The monoisotopic (exact) mass is 450 g/mol. The highest BCUT2D eigenvalue weighted by Gasteiger charge is 2.31. The number of hydrogen-bond acceptors (Lipinski definition) is 5. The fraction of sp³-hybridized carbons (Fsp3) is 0.423. The van der Waals surface area contributed by atoms with E-state index in [0.717, 1.165) is 37.4 Å². The van der Waals surface area contributed by atoms with Crippen LogP contribution in [0.2, 0.25) is 0 Å². The molecule has 3 aromatic rings. The number of carbonyl (C=O) groups excluding carboxylic acids is 1. The molecule has 1 unspecified atom stereocenters. The summed E-state index contributed by atoms with van der Waals surface area (Å²) in [7, 11) is 0. The van der Waals surface area contributed by atoms with E-state index in [-0.39, 0.29) is 23.8 Å². The molecule has 0 saturated carbocycles. The summed E-state index contributed by atoms with van der Waals surface area (Å²) in [6.45, 7) is 7.18. The molecule has 1 aromatic heterocycles. The molecule has 0 spiro atoms. The summed E-state index contributed by atoms with van der Waals surface area (Å²) < 4.78 is 12.7. The summed E-state index contributed by atoms with van der Waals surface area (Å²) in [6.07, 6.45) is 1.77. The van der Waals surface area contributed by atoms with Gasteiger partial charge < -0.3 is 19.7 Å². The third-order valence-electron chi connectivity index (χ3n) is 6.83. The Balaban J connectivity index is 1.23. The van der Waals surface area contributed by atoms with Crippen molar-refractivity contribution in [3.8, 4) is 11.5 Å². The van der Waals surface area contributed by atoms with Crippen LogP contribution in [0.5, 0.6) is 11.5 Å². The van der Waals surface area contributed by atoms with E-state index < -0.39 is 0 Å². The number of thiophene rings is 1. The van der Waals surface area contributed by atoms with Gasteiger partial charge in [0.15, 0.2) is 11.5 Å². The molecule has 6 heteroatoms. The molecule has 0 bridgehead atoms. The van der Waals surface area contributed by atoms with Crippen LogP contribution >= 0.6 is 11.3 Å². The van der Waals surface area contributed by atoms with E-state index in [4.69, 9.17) is 9.47 Å². The second-order valence-electron chi connectivity index (χ2n) is 8.79. The Bertz CT molecular complexity index is 1110. The van der Waals surface area contributed by atoms with Crippen LogP contribution in [0.25, 0.3) is 10.1 Å². The minimum absolute atomic E-state index is 0.0237. The van der Waals surface area contributed by atoms with Gasteiger partial charge in [-0.25, -0.2) is 0 Å². The molecule has 5 nitrogen and oxygen atoms in total. The first-order valence-corrected chi connectivity index (χ1v) is 12.4. The number of nitrogens with one attached hydrogen (secondary N) is 1. The number of amides is 1. The second kappa shape index (κ2) is 9.02. The van der Waals surface area contributed by atoms with E-state index in [1.807, 2.05) is 6.07 Å². The van der Waals surface area contributed by atoms with Gasteiger partial charge in [-0.3, -0.25) is 4.79 Å². The van der Waals surface area contributed by atoms with Crippen LogP contribution in [0, 0.1) is 5.92 Å². The number of anilines is 1. The highest BCUT2D eigenvalue weighted by Crippen LogP contribution is 2.35. The molecule has 168 valence electrons. The zero-order chi connectivity index (χ0) is 22.1. The van der Waals surface area contributed by atoms with Gasteiger partial charge in [0.1, 0.15) is 13.2 Å². The zero-order valence-electron chi connectivity index (χ0n) is 18.7. The first-order chi connectivity index (χ1) is 15.6. The Morgan fingerprint density at radius 1 is 1.16 bits per heavy atom. The van der Waals surface area contributed by atoms with Gasteiger partial charge in [-0.05, 0) is 59.5 Å². The molecule has 2 aliphatic heterocycles. The van der Waals surface area contributed by atoms with Crippen molar-refractivity contribution >= 4 is 33.0 Å². The van der Waals surface area contributed by atoms with Gasteiger partial charge >= 0.3 is 0 Å². The lowest BCUT2D eigenvalue weighted by Crippen LogP contribution is -2.42. The van der Waals surface area contributed by atoms with Gasteiger partial charge in [0, 0.05) is 35.4 Å². The van der Waals surface area contributed by atoms with Crippen LogP contribution in [0.1, 0.15) is 38.2 Å². The molecule has 0 radical (unpaired) electrons. The standard InChI is InChI=1S/C26H30N2O3S/c1-3-22(17(2)19-5-7-23-24(14-19)31-12-11-30-23)27-26(29)20-8-10-28(16-20)21-6-4-18-9-13-32-25(18)15-21/h4-7,9,13-15,17,20,22H,3,8,10-12,16H2,1-2H3,(H,27,29)/t17-,20?,22-/m1/s1. The summed E-state index contributed by atoms with van der Waals surface area (Å²) in [6, 6.07) is 15.0. The fourth-order valence-corrected chi connectivity index (χ4v) is 5.63. The number of fused-ring (bicyclic) bond motifs is 2. The van der Waals surface area contributed by atoms with Crippen LogP contribution in [0.15, 0.2) is 47.8 Å². The highest BCUT2D eigenvalue weighted by molar-refractivity contribution is 7.17. The van der Waals surface area contributed by atoms with E-state index in [1.54, 1.807) is 11.3 Å². The van der Waals surface area contributed by atoms with Crippen molar-refractivity contribution < 1.29 is 14.3 Å². The van der Waals surface area contributed by atoms with Gasteiger partial charge in [0.25, 0.3) is 0 Å². The molecule has 2 aromatic carbocycles. The normalized spacial score (nSPS) is 19.7. The topological polar surface area (TPSA) is 50.8 Å². The fourth-order valence-electron chi connectivity index (χ4n) is 4.81. The van der Waals surface area contributed by atoms with E-state index >= 15 is 0 Å². The number of ether oxygens (including phenoxy) is 2. The molecular weight excluding hydrogens is 420 g/mol. The predicted octanol–water partition coefficient (Wildman–Crippen LogP) is 5.20. The van der Waals surface area contributed by atoms with Gasteiger partial charge in [-0.15, -0.1) is 11.3 Å². The number of rotatable bonds is 6. The van der Waals surface area contributed by atoms with Crippen molar-refractivity contribution in [3.63, 3.8) is 0 Å². The highest BCUT2D eigenvalue weighted by atomic mass is 32.1. The quantitative estimate of drug-likeness (QED) is 0.561. The smallest absolute Gasteiger partial charge is 0.225 e. The van der Waals surface area contributed by atoms with E-state index in [9.17, 15) is 4.79 Å². The second-order valence-corrected chi connectivity index (χ2v) is 9.74. The summed E-state index contributed by atoms with van der Waals surface area (Å²) in [5.74, 6) is 1.99. The Labute approximate surface area is 193 Å². The number of nitrogens with zero attached hydrogens (tertiary/aromatic N) is 1. The molecule has 1 N–H and O–H groups in total. The zero-order valence-corrected chi connectivity index (χ0v) is 19.5. The van der Waals surface area contributed by atoms with Crippen molar-refractivity contribution in [1.29, 1.82) is 0 Å². The van der Waals surface area contributed by atoms with Gasteiger partial charge in [0.05, 0.1) is 5.92 Å². The predicted molar refractivity (Wildman–Crippen MR) is 130 cm³/mol. The van der Waals surface area contributed by atoms with E-state index in [0.29, 0.717) is 13.2 Å². The Kier molecular flexibility index (Phi) is 5.96. The maximum absolute atomic E-state index is 13.2. The minimum Gasteiger partial charge on any atom is -0.486 e. The van der Waals surface area contributed by atoms with E-state index in [1.165, 1.54) is 21.3 Å².